The summed E-state index contributed by atoms with van der Waals surface area (Å²) < 4.78 is 6.50. The van der Waals surface area contributed by atoms with Gasteiger partial charge in [0, 0.05) is 10.5 Å². The molecule has 0 bridgehead atoms. The predicted octanol–water partition coefficient (Wildman–Crippen LogP) is 9.54. The van der Waals surface area contributed by atoms with Crippen molar-refractivity contribution in [1.82, 2.24) is 0 Å². The summed E-state index contributed by atoms with van der Waals surface area (Å²) in [4.78, 5) is 20.6. The Kier molecular flexibility index (Phi) is 52.3. The van der Waals surface area contributed by atoms with E-state index in [1.165, 1.54) is 77.0 Å². The monoisotopic (exact) mass is 874 g/mol. The number of hydrogen-bond donors (Lipinski definition) is 2. The molecule has 0 fully saturated rings. The second-order valence-electron chi connectivity index (χ2n) is 12.6. The zero-order chi connectivity index (χ0) is 34.4. The molecule has 0 saturated carbocycles. The summed E-state index contributed by atoms with van der Waals surface area (Å²) in [6.45, 7) is 18.0. The van der Waals surface area contributed by atoms with Crippen molar-refractivity contribution in [2.45, 2.75) is 199 Å². The van der Waals surface area contributed by atoms with E-state index in [2.05, 4.69) is 80.6 Å². The maximum absolute atomic E-state index is 10.3. The van der Waals surface area contributed by atoms with Crippen LogP contribution in [-0.2, 0) is 9.59 Å². The molecule has 44 heavy (non-hydrogen) atoms. The number of rotatable bonds is 26. The molecule has 260 valence electrons. The quantitative estimate of drug-likeness (QED) is 0.0516. The van der Waals surface area contributed by atoms with Crippen molar-refractivity contribution in [2.75, 3.05) is 0 Å². The van der Waals surface area contributed by atoms with Crippen LogP contribution in [0.4, 0.5) is 0 Å². The van der Waals surface area contributed by atoms with Gasteiger partial charge in [0.2, 0.25) is 0 Å². The van der Waals surface area contributed by atoms with E-state index in [-0.39, 0.29) is 42.3 Å². The number of hydrogen-bond acceptors (Lipinski definition) is 6. The topological polar surface area (TPSA) is 80.3 Å². The Balaban J connectivity index is -0.000000246. The molecule has 4 nitrogen and oxygen atoms in total. The molecule has 0 aliphatic heterocycles. The van der Waals surface area contributed by atoms with E-state index < -0.39 is 22.4 Å². The van der Waals surface area contributed by atoms with Gasteiger partial charge in [-0.1, -0.05) is 79.1 Å². The van der Waals surface area contributed by atoms with Gasteiger partial charge >= 0.3 is 139 Å². The van der Waals surface area contributed by atoms with Crippen LogP contribution >= 0.6 is 25.3 Å². The van der Waals surface area contributed by atoms with Crippen LogP contribution in [-0.4, -0.2) is 64.7 Å². The molecule has 0 aliphatic carbocycles. The molecule has 0 spiro atoms. The molecule has 0 aromatic carbocycles. The number of thiol groups is 2. The van der Waals surface area contributed by atoms with Gasteiger partial charge in [0.05, 0.1) is 11.9 Å². The molecule has 0 heterocycles. The zero-order valence-electron chi connectivity index (χ0n) is 30.4. The fourth-order valence-corrected chi connectivity index (χ4v) is 12.5. The first-order valence-electron chi connectivity index (χ1n) is 18.1. The number of unbranched alkanes of at least 4 members (excludes halogenated alkanes) is 8. The Morgan fingerprint density at radius 1 is 0.477 bits per heavy atom. The Labute approximate surface area is 307 Å². The molecule has 2 unspecified atom stereocenters. The van der Waals surface area contributed by atoms with E-state index in [0.717, 1.165) is 37.5 Å². The summed E-state index contributed by atoms with van der Waals surface area (Å²) in [6, 6.07) is 0. The predicted molar refractivity (Wildman–Crippen MR) is 202 cm³/mol. The number of carbonyl (C=O) groups excluding carboxylic acids is 2. The summed E-state index contributed by atoms with van der Waals surface area (Å²) in [5, 5.41) is 19.4. The number of carboxylic acids is 2. The minimum atomic E-state index is -1.05. The minimum absolute atomic E-state index is 0.149. The molecule has 0 radical (unpaired) electrons. The fraction of sp³-hybridized carbons (Fsp3) is 0.944. The van der Waals surface area contributed by atoms with Crippen molar-refractivity contribution < 1.29 is 19.8 Å². The van der Waals surface area contributed by atoms with Crippen molar-refractivity contribution in [3.05, 3.63) is 0 Å². The van der Waals surface area contributed by atoms with Crippen LogP contribution in [0.15, 0.2) is 0 Å². The molecular formula is C36H74O4S2Sn2+2. The first-order chi connectivity index (χ1) is 20.9. The third-order valence-corrected chi connectivity index (χ3v) is 15.9. The average molecular weight is 873 g/mol. The molecule has 0 saturated heterocycles. The van der Waals surface area contributed by atoms with Crippen LogP contribution in [0.2, 0.25) is 17.7 Å². The van der Waals surface area contributed by atoms with Gasteiger partial charge in [-0.2, -0.15) is 25.3 Å². The second-order valence-corrected chi connectivity index (χ2v) is 22.5. The van der Waals surface area contributed by atoms with Crippen molar-refractivity contribution >= 4 is 79.5 Å². The van der Waals surface area contributed by atoms with Crippen molar-refractivity contribution in [2.24, 2.45) is 11.8 Å². The SMILES string of the molecule is CC(C)CCCCCC(S)C(=O)[O-].CC(C)CCCCCC(S)C(=O)[O-].CCC[CH2][Sn+2][CH2]CCC.CCC[CH2][Sn+2][CH2]CCC. The van der Waals surface area contributed by atoms with Crippen molar-refractivity contribution in [1.29, 1.82) is 0 Å². The molecule has 0 aliphatic rings. The molecular weight excluding hydrogens is 798 g/mol. The van der Waals surface area contributed by atoms with Crippen LogP contribution in [0.3, 0.4) is 0 Å². The molecule has 8 heteroatoms. The normalized spacial score (nSPS) is 11.5. The summed E-state index contributed by atoms with van der Waals surface area (Å²) in [6.07, 6.45) is 21.8. The van der Waals surface area contributed by atoms with E-state index in [1.54, 1.807) is 17.7 Å². The third-order valence-electron chi connectivity index (χ3n) is 6.89. The zero-order valence-corrected chi connectivity index (χ0v) is 37.9. The number of carboxylic acid groups (broad SMARTS) is 2. The molecule has 0 amide bonds. The fourth-order valence-electron chi connectivity index (χ4n) is 3.83. The van der Waals surface area contributed by atoms with Gasteiger partial charge in [-0.3, -0.25) is 0 Å². The van der Waals surface area contributed by atoms with Crippen LogP contribution in [0, 0.1) is 11.8 Å². The van der Waals surface area contributed by atoms with Crippen LogP contribution in [0.1, 0.15) is 171 Å². The van der Waals surface area contributed by atoms with Crippen LogP contribution in [0.5, 0.6) is 0 Å². The van der Waals surface area contributed by atoms with Gasteiger partial charge in [0.25, 0.3) is 0 Å². The summed E-state index contributed by atoms with van der Waals surface area (Å²) >= 11 is 8.11. The summed E-state index contributed by atoms with van der Waals surface area (Å²) in [5.74, 6) is -0.611. The first kappa shape index (κ1) is 52.1. The average Bonchev–Trinajstić information content (AvgIpc) is 2.97. The standard InChI is InChI=1S/2C10H20O2S.4C4H9.2Sn/c2*1-8(2)6-4-3-5-7-9(13)10(11)12;4*1-3-4-2;;/h2*8-9,13H,3-7H2,1-2H3,(H,11,12);4*1,3-4H2,2H3;;/q;;;;;;2*+2/p-2. The second kappa shape index (κ2) is 44.2. The van der Waals surface area contributed by atoms with Crippen LogP contribution in [0.25, 0.3) is 0 Å². The van der Waals surface area contributed by atoms with E-state index >= 15 is 0 Å². The van der Waals surface area contributed by atoms with Gasteiger partial charge in [0.1, 0.15) is 0 Å². The molecule has 0 aromatic heterocycles. The number of carbonyl (C=O) groups is 2. The summed E-state index contributed by atoms with van der Waals surface area (Å²) in [7, 11) is 0. The Hall–Kier alpha value is 1.24. The van der Waals surface area contributed by atoms with Crippen molar-refractivity contribution in [3.8, 4) is 0 Å². The van der Waals surface area contributed by atoms with Gasteiger partial charge in [0.15, 0.2) is 0 Å². The molecule has 0 rings (SSSR count). The summed E-state index contributed by atoms with van der Waals surface area (Å²) in [5.41, 5.74) is 0. The van der Waals surface area contributed by atoms with Gasteiger partial charge in [-0.25, -0.2) is 0 Å². The molecule has 2 atom stereocenters. The Morgan fingerprint density at radius 3 is 0.932 bits per heavy atom. The van der Waals surface area contributed by atoms with Gasteiger partial charge < -0.3 is 19.8 Å². The third kappa shape index (κ3) is 55.6. The maximum atomic E-state index is 10.3. The molecule has 0 N–H and O–H groups in total. The van der Waals surface area contributed by atoms with Crippen LogP contribution < -0.4 is 10.2 Å². The van der Waals surface area contributed by atoms with Gasteiger partial charge in [-0.15, -0.1) is 0 Å². The van der Waals surface area contributed by atoms with E-state index in [0.29, 0.717) is 12.8 Å². The van der Waals surface area contributed by atoms with E-state index in [4.69, 9.17) is 0 Å². The Bertz CT molecular complexity index is 506. The number of aliphatic carboxylic acids is 2. The first-order valence-corrected chi connectivity index (χ1v) is 27.2. The van der Waals surface area contributed by atoms with E-state index in [1.807, 2.05) is 0 Å². The Morgan fingerprint density at radius 2 is 0.727 bits per heavy atom. The van der Waals surface area contributed by atoms with E-state index in [9.17, 15) is 19.8 Å². The van der Waals surface area contributed by atoms with Gasteiger partial charge in [-0.05, 0) is 24.7 Å². The van der Waals surface area contributed by atoms with Crippen molar-refractivity contribution in [3.63, 3.8) is 0 Å². The molecule has 0 aromatic rings.